The molecule has 0 saturated heterocycles. The molecule has 0 aliphatic rings. The van der Waals surface area contributed by atoms with Gasteiger partial charge in [-0.3, -0.25) is 14.9 Å². The predicted octanol–water partition coefficient (Wildman–Crippen LogP) is 3.74. The first-order chi connectivity index (χ1) is 11.8. The van der Waals surface area contributed by atoms with Gasteiger partial charge in [-0.1, -0.05) is 29.8 Å². The van der Waals surface area contributed by atoms with Gasteiger partial charge in [0.05, 0.1) is 21.2 Å². The van der Waals surface area contributed by atoms with E-state index in [2.05, 4.69) is 5.32 Å². The van der Waals surface area contributed by atoms with Gasteiger partial charge in [-0.05, 0) is 31.5 Å². The molecule has 7 nitrogen and oxygen atoms in total. The van der Waals surface area contributed by atoms with Crippen molar-refractivity contribution in [2.45, 2.75) is 20.0 Å². The van der Waals surface area contributed by atoms with Crippen LogP contribution in [0.5, 0.6) is 0 Å². The van der Waals surface area contributed by atoms with Crippen LogP contribution in [0.2, 0.25) is 5.02 Å². The fraction of sp³-hybridized carbons (Fsp3) is 0.176. The van der Waals surface area contributed by atoms with Crippen molar-refractivity contribution < 1.29 is 19.2 Å². The van der Waals surface area contributed by atoms with Gasteiger partial charge < -0.3 is 10.1 Å². The van der Waals surface area contributed by atoms with Crippen molar-refractivity contribution in [1.29, 1.82) is 0 Å². The van der Waals surface area contributed by atoms with E-state index in [0.717, 1.165) is 11.6 Å². The Labute approximate surface area is 148 Å². The predicted molar refractivity (Wildman–Crippen MR) is 92.8 cm³/mol. The van der Waals surface area contributed by atoms with Crippen LogP contribution in [0.1, 0.15) is 22.8 Å². The van der Waals surface area contributed by atoms with Crippen LogP contribution in [-0.2, 0) is 9.53 Å². The molecule has 0 fully saturated rings. The molecule has 1 amide bonds. The summed E-state index contributed by atoms with van der Waals surface area (Å²) in [5.74, 6) is -1.28. The van der Waals surface area contributed by atoms with Crippen molar-refractivity contribution in [3.63, 3.8) is 0 Å². The van der Waals surface area contributed by atoms with Gasteiger partial charge in [0.2, 0.25) is 0 Å². The molecular formula is C17H15ClN2O5. The van der Waals surface area contributed by atoms with E-state index in [1.54, 1.807) is 31.2 Å². The third kappa shape index (κ3) is 4.54. The Morgan fingerprint density at radius 3 is 2.56 bits per heavy atom. The molecule has 1 atom stereocenters. The van der Waals surface area contributed by atoms with Gasteiger partial charge in [0, 0.05) is 12.1 Å². The molecule has 0 aliphatic carbocycles. The molecular weight excluding hydrogens is 348 g/mol. The number of esters is 1. The highest BCUT2D eigenvalue weighted by atomic mass is 35.5. The third-order valence-corrected chi connectivity index (χ3v) is 3.77. The lowest BCUT2D eigenvalue weighted by atomic mass is 10.1. The number of carbonyl (C=O) groups excluding carboxylic acids is 2. The number of aryl methyl sites for hydroxylation is 1. The van der Waals surface area contributed by atoms with Crippen LogP contribution in [0.25, 0.3) is 0 Å². The monoisotopic (exact) mass is 362 g/mol. The second-order valence-corrected chi connectivity index (χ2v) is 5.68. The average Bonchev–Trinajstić information content (AvgIpc) is 2.56. The van der Waals surface area contributed by atoms with E-state index in [4.69, 9.17) is 16.3 Å². The maximum absolute atomic E-state index is 12.2. The summed E-state index contributed by atoms with van der Waals surface area (Å²) in [4.78, 5) is 34.5. The molecule has 8 heteroatoms. The molecule has 0 spiro atoms. The first-order valence-corrected chi connectivity index (χ1v) is 7.69. The Kier molecular flexibility index (Phi) is 5.71. The van der Waals surface area contributed by atoms with E-state index in [9.17, 15) is 19.7 Å². The van der Waals surface area contributed by atoms with Gasteiger partial charge in [0.1, 0.15) is 0 Å². The molecule has 0 heterocycles. The number of amides is 1. The summed E-state index contributed by atoms with van der Waals surface area (Å²) < 4.78 is 5.14. The van der Waals surface area contributed by atoms with Crippen LogP contribution in [-0.4, -0.2) is 22.9 Å². The van der Waals surface area contributed by atoms with Crippen LogP contribution in [0.4, 0.5) is 11.4 Å². The van der Waals surface area contributed by atoms with Crippen molar-refractivity contribution >= 4 is 34.9 Å². The lowest BCUT2D eigenvalue weighted by Gasteiger charge is -2.15. The number of nitro benzene ring substituents is 1. The highest BCUT2D eigenvalue weighted by molar-refractivity contribution is 6.33. The second-order valence-electron chi connectivity index (χ2n) is 5.27. The smallest absolute Gasteiger partial charge is 0.339 e. The van der Waals surface area contributed by atoms with Gasteiger partial charge in [0.25, 0.3) is 11.6 Å². The summed E-state index contributed by atoms with van der Waals surface area (Å²) in [6, 6.07) is 10.5. The van der Waals surface area contributed by atoms with E-state index in [1.807, 2.05) is 0 Å². The molecule has 130 valence electrons. The molecule has 2 aromatic rings. The Hall–Kier alpha value is -2.93. The molecule has 0 aromatic heterocycles. The lowest BCUT2D eigenvalue weighted by molar-refractivity contribution is -0.384. The van der Waals surface area contributed by atoms with Crippen LogP contribution < -0.4 is 5.32 Å². The van der Waals surface area contributed by atoms with E-state index in [0.29, 0.717) is 5.56 Å². The number of ether oxygens (including phenoxy) is 1. The van der Waals surface area contributed by atoms with Crippen LogP contribution in [0.3, 0.4) is 0 Å². The number of nitrogens with zero attached hydrogens (tertiary/aromatic N) is 1. The molecule has 0 unspecified atom stereocenters. The minimum absolute atomic E-state index is 0.0691. The van der Waals surface area contributed by atoms with Gasteiger partial charge in [-0.2, -0.15) is 0 Å². The summed E-state index contributed by atoms with van der Waals surface area (Å²) >= 11 is 5.93. The van der Waals surface area contributed by atoms with E-state index < -0.39 is 22.9 Å². The molecule has 1 N–H and O–H groups in total. The minimum Gasteiger partial charge on any atom is -0.449 e. The normalized spacial score (nSPS) is 11.5. The highest BCUT2D eigenvalue weighted by Crippen LogP contribution is 2.27. The van der Waals surface area contributed by atoms with Gasteiger partial charge >= 0.3 is 5.97 Å². The summed E-state index contributed by atoms with van der Waals surface area (Å²) in [5.41, 5.74) is 0.932. The SMILES string of the molecule is Cc1ccccc1C(=O)O[C@@H](C)C(=O)Nc1cc([N+](=O)[O-])ccc1Cl. The standard InChI is InChI=1S/C17H15ClN2O5/c1-10-5-3-4-6-13(10)17(22)25-11(2)16(21)19-15-9-12(20(23)24)7-8-14(15)18/h3-9,11H,1-2H3,(H,19,21)/t11-/m0/s1. The number of halogens is 1. The van der Waals surface area contributed by atoms with E-state index in [1.165, 1.54) is 19.1 Å². The molecule has 0 saturated carbocycles. The maximum atomic E-state index is 12.2. The largest absolute Gasteiger partial charge is 0.449 e. The fourth-order valence-corrected chi connectivity index (χ4v) is 2.20. The molecule has 0 radical (unpaired) electrons. The van der Waals surface area contributed by atoms with Gasteiger partial charge in [-0.15, -0.1) is 0 Å². The van der Waals surface area contributed by atoms with Crippen LogP contribution >= 0.6 is 11.6 Å². The maximum Gasteiger partial charge on any atom is 0.339 e. The molecule has 0 bridgehead atoms. The molecule has 0 aliphatic heterocycles. The minimum atomic E-state index is -1.11. The Morgan fingerprint density at radius 1 is 1.24 bits per heavy atom. The van der Waals surface area contributed by atoms with Crippen LogP contribution in [0.15, 0.2) is 42.5 Å². The Morgan fingerprint density at radius 2 is 1.92 bits per heavy atom. The number of hydrogen-bond donors (Lipinski definition) is 1. The first-order valence-electron chi connectivity index (χ1n) is 7.31. The molecule has 2 aromatic carbocycles. The zero-order valence-electron chi connectivity index (χ0n) is 13.5. The molecule has 2 rings (SSSR count). The third-order valence-electron chi connectivity index (χ3n) is 3.44. The number of carbonyl (C=O) groups is 2. The number of non-ortho nitro benzene ring substituents is 1. The number of benzene rings is 2. The number of hydrogen-bond acceptors (Lipinski definition) is 5. The first kappa shape index (κ1) is 18.4. The topological polar surface area (TPSA) is 98.5 Å². The van der Waals surface area contributed by atoms with E-state index >= 15 is 0 Å². The average molecular weight is 363 g/mol. The van der Waals surface area contributed by atoms with Crippen molar-refractivity contribution in [2.75, 3.05) is 5.32 Å². The molecule has 25 heavy (non-hydrogen) atoms. The summed E-state index contributed by atoms with van der Waals surface area (Å²) in [6.45, 7) is 3.15. The zero-order chi connectivity index (χ0) is 18.6. The summed E-state index contributed by atoms with van der Waals surface area (Å²) in [5, 5.41) is 13.4. The highest BCUT2D eigenvalue weighted by Gasteiger charge is 2.21. The van der Waals surface area contributed by atoms with Gasteiger partial charge in [-0.25, -0.2) is 4.79 Å². The van der Waals surface area contributed by atoms with Crippen molar-refractivity contribution in [2.24, 2.45) is 0 Å². The Bertz CT molecular complexity index is 838. The quantitative estimate of drug-likeness (QED) is 0.496. The fourth-order valence-electron chi connectivity index (χ4n) is 2.04. The number of anilines is 1. The zero-order valence-corrected chi connectivity index (χ0v) is 14.2. The van der Waals surface area contributed by atoms with Crippen molar-refractivity contribution in [1.82, 2.24) is 0 Å². The van der Waals surface area contributed by atoms with Crippen LogP contribution in [0, 0.1) is 17.0 Å². The second kappa shape index (κ2) is 7.76. The summed E-state index contributed by atoms with van der Waals surface area (Å²) in [7, 11) is 0. The Balaban J connectivity index is 2.08. The number of nitrogens with one attached hydrogen (secondary N) is 1. The lowest BCUT2D eigenvalue weighted by Crippen LogP contribution is -2.30. The van der Waals surface area contributed by atoms with E-state index in [-0.39, 0.29) is 16.4 Å². The number of nitro groups is 1. The van der Waals surface area contributed by atoms with Crippen molar-refractivity contribution in [3.8, 4) is 0 Å². The van der Waals surface area contributed by atoms with Crippen molar-refractivity contribution in [3.05, 3.63) is 68.7 Å². The number of rotatable bonds is 5. The summed E-state index contributed by atoms with van der Waals surface area (Å²) in [6.07, 6.45) is -1.11. The van der Waals surface area contributed by atoms with Gasteiger partial charge in [0.15, 0.2) is 6.10 Å².